The van der Waals surface area contributed by atoms with E-state index in [9.17, 15) is 0 Å². The molecule has 0 radical (unpaired) electrons. The van der Waals surface area contributed by atoms with E-state index in [-0.39, 0.29) is 11.8 Å². The Morgan fingerprint density at radius 3 is 2.41 bits per heavy atom. The predicted octanol–water partition coefficient (Wildman–Crippen LogP) is 1.91. The van der Waals surface area contributed by atoms with E-state index < -0.39 is 0 Å². The largest absolute Gasteiger partial charge is 0.348 e. The third kappa shape index (κ3) is 2.62. The summed E-state index contributed by atoms with van der Waals surface area (Å²) in [6.45, 7) is 3.53. The number of hydrogen-bond donors (Lipinski definition) is 0. The topological polar surface area (TPSA) is 45.5 Å². The van der Waals surface area contributed by atoms with Crippen LogP contribution in [-0.4, -0.2) is 43.0 Å². The van der Waals surface area contributed by atoms with E-state index in [0.717, 1.165) is 45.3 Å². The first-order chi connectivity index (χ1) is 8.21. The quantitative estimate of drug-likeness (QED) is 0.753. The van der Waals surface area contributed by atoms with Crippen LogP contribution in [0.4, 0.5) is 0 Å². The average Bonchev–Trinajstić information content (AvgIpc) is 2.80. The summed E-state index contributed by atoms with van der Waals surface area (Å²) >= 11 is 0. The van der Waals surface area contributed by atoms with Crippen LogP contribution in [0.1, 0.15) is 39.0 Å². The van der Waals surface area contributed by atoms with Crippen LogP contribution in [0.5, 0.6) is 0 Å². The van der Waals surface area contributed by atoms with Crippen LogP contribution < -0.4 is 0 Å². The smallest absolute Gasteiger partial charge is 0.168 e. The Morgan fingerprint density at radius 2 is 1.94 bits per heavy atom. The molecule has 1 spiro atoms. The molecule has 0 N–H and O–H groups in total. The van der Waals surface area contributed by atoms with Gasteiger partial charge in [0, 0.05) is 18.9 Å². The highest BCUT2D eigenvalue weighted by atomic mass is 16.7. The molecule has 4 nitrogen and oxygen atoms in total. The fraction of sp³-hybridized carbons (Fsp3) is 0.923. The molecule has 1 aliphatic heterocycles. The molecule has 0 aromatic rings. The van der Waals surface area contributed by atoms with Crippen LogP contribution in [0.25, 0.3) is 0 Å². The van der Waals surface area contributed by atoms with E-state index in [0.29, 0.717) is 6.04 Å². The normalized spacial score (nSPS) is 26.2. The maximum atomic E-state index is 9.09. The van der Waals surface area contributed by atoms with Gasteiger partial charge in [-0.2, -0.15) is 5.26 Å². The van der Waals surface area contributed by atoms with Crippen molar-refractivity contribution in [3.8, 4) is 6.07 Å². The zero-order valence-corrected chi connectivity index (χ0v) is 10.8. The SMILES string of the molecule is CCC(C#N)N(C)C1CCC2(CC1)OCCO2. The molecule has 2 fully saturated rings. The number of nitriles is 1. The van der Waals surface area contributed by atoms with Crippen molar-refractivity contribution in [2.75, 3.05) is 20.3 Å². The molecular formula is C13H22N2O2. The van der Waals surface area contributed by atoms with Crippen molar-refractivity contribution < 1.29 is 9.47 Å². The van der Waals surface area contributed by atoms with E-state index in [1.165, 1.54) is 0 Å². The molecule has 0 amide bonds. The molecule has 1 aliphatic carbocycles. The number of hydrogen-bond acceptors (Lipinski definition) is 4. The summed E-state index contributed by atoms with van der Waals surface area (Å²) < 4.78 is 11.4. The van der Waals surface area contributed by atoms with E-state index in [1.54, 1.807) is 0 Å². The Kier molecular flexibility index (Phi) is 4.03. The summed E-state index contributed by atoms with van der Waals surface area (Å²) in [6, 6.07) is 2.91. The fourth-order valence-electron chi connectivity index (χ4n) is 2.96. The summed E-state index contributed by atoms with van der Waals surface area (Å²) in [5.74, 6) is -0.286. The van der Waals surface area contributed by atoms with Crippen molar-refractivity contribution in [2.45, 2.75) is 56.9 Å². The van der Waals surface area contributed by atoms with E-state index >= 15 is 0 Å². The second kappa shape index (κ2) is 5.34. The van der Waals surface area contributed by atoms with Gasteiger partial charge in [-0.15, -0.1) is 0 Å². The van der Waals surface area contributed by atoms with Crippen molar-refractivity contribution in [2.24, 2.45) is 0 Å². The van der Waals surface area contributed by atoms with Gasteiger partial charge in [-0.25, -0.2) is 0 Å². The molecule has 1 heterocycles. The fourth-order valence-corrected chi connectivity index (χ4v) is 2.96. The molecule has 0 bridgehead atoms. The first-order valence-electron chi connectivity index (χ1n) is 6.60. The predicted molar refractivity (Wildman–Crippen MR) is 64.3 cm³/mol. The first-order valence-corrected chi connectivity index (χ1v) is 6.60. The highest BCUT2D eigenvalue weighted by Crippen LogP contribution is 2.37. The van der Waals surface area contributed by atoms with E-state index in [2.05, 4.69) is 24.9 Å². The van der Waals surface area contributed by atoms with Gasteiger partial charge in [0.25, 0.3) is 0 Å². The lowest BCUT2D eigenvalue weighted by atomic mass is 9.88. The second-order valence-electron chi connectivity index (χ2n) is 5.06. The van der Waals surface area contributed by atoms with Gasteiger partial charge in [-0.1, -0.05) is 6.92 Å². The Balaban J connectivity index is 1.88. The minimum atomic E-state index is -0.286. The molecule has 0 aromatic carbocycles. The molecule has 1 atom stereocenters. The molecule has 4 heteroatoms. The molecule has 17 heavy (non-hydrogen) atoms. The van der Waals surface area contributed by atoms with Gasteiger partial charge in [0.1, 0.15) is 0 Å². The lowest BCUT2D eigenvalue weighted by molar-refractivity contribution is -0.183. The van der Waals surface area contributed by atoms with Gasteiger partial charge in [-0.05, 0) is 26.3 Å². The van der Waals surface area contributed by atoms with E-state index in [4.69, 9.17) is 14.7 Å². The maximum absolute atomic E-state index is 9.09. The Labute approximate surface area is 103 Å². The molecule has 96 valence electrons. The summed E-state index contributed by atoms with van der Waals surface area (Å²) in [4.78, 5) is 2.22. The molecule has 1 saturated carbocycles. The highest BCUT2D eigenvalue weighted by Gasteiger charge is 2.41. The second-order valence-corrected chi connectivity index (χ2v) is 5.06. The van der Waals surface area contributed by atoms with Crippen LogP contribution in [0.15, 0.2) is 0 Å². The van der Waals surface area contributed by atoms with Crippen molar-refractivity contribution >= 4 is 0 Å². The lowest BCUT2D eigenvalue weighted by Crippen LogP contribution is -2.46. The molecule has 2 rings (SSSR count). The number of rotatable bonds is 3. The molecule has 0 aromatic heterocycles. The molecular weight excluding hydrogens is 216 g/mol. The Hall–Kier alpha value is -0.630. The van der Waals surface area contributed by atoms with Gasteiger partial charge in [-0.3, -0.25) is 4.90 Å². The standard InChI is InChI=1S/C13H22N2O2/c1-3-11(10-14)15(2)12-4-6-13(7-5-12)16-8-9-17-13/h11-12H,3-9H2,1-2H3. The lowest BCUT2D eigenvalue weighted by Gasteiger charge is -2.40. The van der Waals surface area contributed by atoms with Crippen LogP contribution in [0, 0.1) is 11.3 Å². The van der Waals surface area contributed by atoms with Crippen molar-refractivity contribution in [3.63, 3.8) is 0 Å². The van der Waals surface area contributed by atoms with Crippen LogP contribution in [0.3, 0.4) is 0 Å². The maximum Gasteiger partial charge on any atom is 0.168 e. The zero-order valence-electron chi connectivity index (χ0n) is 10.8. The molecule has 2 aliphatic rings. The minimum Gasteiger partial charge on any atom is -0.348 e. The van der Waals surface area contributed by atoms with Crippen LogP contribution >= 0.6 is 0 Å². The van der Waals surface area contributed by atoms with E-state index in [1.807, 2.05) is 0 Å². The third-order valence-corrected chi connectivity index (χ3v) is 4.13. The summed E-state index contributed by atoms with van der Waals surface area (Å²) in [5.41, 5.74) is 0. The van der Waals surface area contributed by atoms with Gasteiger partial charge >= 0.3 is 0 Å². The van der Waals surface area contributed by atoms with Crippen LogP contribution in [-0.2, 0) is 9.47 Å². The van der Waals surface area contributed by atoms with Crippen molar-refractivity contribution in [1.82, 2.24) is 4.90 Å². The minimum absolute atomic E-state index is 0.0412. The summed E-state index contributed by atoms with van der Waals surface area (Å²) in [5, 5.41) is 9.09. The first kappa shape index (κ1) is 12.8. The average molecular weight is 238 g/mol. The highest BCUT2D eigenvalue weighted by molar-refractivity contribution is 4.94. The van der Waals surface area contributed by atoms with Gasteiger partial charge < -0.3 is 9.47 Å². The number of ether oxygens (including phenoxy) is 2. The summed E-state index contributed by atoms with van der Waals surface area (Å²) in [6.07, 6.45) is 4.94. The Bertz CT molecular complexity index is 284. The van der Waals surface area contributed by atoms with Crippen molar-refractivity contribution in [3.05, 3.63) is 0 Å². The van der Waals surface area contributed by atoms with Crippen LogP contribution in [0.2, 0.25) is 0 Å². The molecule has 1 saturated heterocycles. The summed E-state index contributed by atoms with van der Waals surface area (Å²) in [7, 11) is 2.07. The van der Waals surface area contributed by atoms with Gasteiger partial charge in [0.2, 0.25) is 0 Å². The van der Waals surface area contributed by atoms with Gasteiger partial charge in [0.15, 0.2) is 5.79 Å². The Morgan fingerprint density at radius 1 is 1.35 bits per heavy atom. The monoisotopic (exact) mass is 238 g/mol. The molecule has 1 unspecified atom stereocenters. The zero-order chi connectivity index (χ0) is 12.3. The van der Waals surface area contributed by atoms with Gasteiger partial charge in [0.05, 0.1) is 25.3 Å². The number of nitrogens with zero attached hydrogens (tertiary/aromatic N) is 2. The van der Waals surface area contributed by atoms with Crippen molar-refractivity contribution in [1.29, 1.82) is 5.26 Å². The third-order valence-electron chi connectivity index (χ3n) is 4.13.